The average molecular weight is 367 g/mol. The Labute approximate surface area is 161 Å². The molecule has 2 aliphatic heterocycles. The fraction of sp³-hybridized carbons (Fsp3) is 0.524. The Balaban J connectivity index is 1.34. The zero-order valence-electron chi connectivity index (χ0n) is 16.1. The summed E-state index contributed by atoms with van der Waals surface area (Å²) >= 11 is 0. The van der Waals surface area contributed by atoms with E-state index in [1.54, 1.807) is 0 Å². The quantitative estimate of drug-likeness (QED) is 0.809. The number of piperidine rings is 1. The van der Waals surface area contributed by atoms with Gasteiger partial charge in [0.05, 0.1) is 13.2 Å². The molecule has 2 aromatic rings. The molecule has 27 heavy (non-hydrogen) atoms. The number of morpholine rings is 1. The van der Waals surface area contributed by atoms with Crippen LogP contribution in [0.2, 0.25) is 0 Å². The summed E-state index contributed by atoms with van der Waals surface area (Å²) in [6.07, 6.45) is 4.22. The van der Waals surface area contributed by atoms with Crippen LogP contribution < -0.4 is 9.80 Å². The molecule has 0 aliphatic carbocycles. The second-order valence-electron chi connectivity index (χ2n) is 7.42. The molecule has 2 aliphatic rings. The maximum Gasteiger partial charge on any atom is 0.227 e. The highest BCUT2D eigenvalue weighted by atomic mass is 16.5. The number of nitrogens with zero attached hydrogens (tertiary/aromatic N) is 5. The van der Waals surface area contributed by atoms with E-state index in [0.717, 1.165) is 57.7 Å². The Kier molecular flexibility index (Phi) is 5.84. The Bertz CT molecular complexity index is 712. The molecule has 0 N–H and O–H groups in total. The summed E-state index contributed by atoms with van der Waals surface area (Å²) < 4.78 is 5.43. The number of anilines is 2. The van der Waals surface area contributed by atoms with Crippen molar-refractivity contribution >= 4 is 11.8 Å². The zero-order chi connectivity index (χ0) is 18.5. The van der Waals surface area contributed by atoms with E-state index >= 15 is 0 Å². The molecule has 0 spiro atoms. The maximum atomic E-state index is 5.43. The van der Waals surface area contributed by atoms with Crippen molar-refractivity contribution in [1.82, 2.24) is 14.9 Å². The Hall–Kier alpha value is -2.18. The molecule has 2 fully saturated rings. The van der Waals surface area contributed by atoms with Gasteiger partial charge in [-0.3, -0.25) is 4.90 Å². The molecule has 1 aromatic carbocycles. The number of benzene rings is 1. The molecule has 0 amide bonds. The first-order valence-electron chi connectivity index (χ1n) is 9.94. The number of hydrogen-bond acceptors (Lipinski definition) is 6. The summed E-state index contributed by atoms with van der Waals surface area (Å²) in [6, 6.07) is 13.3. The zero-order valence-corrected chi connectivity index (χ0v) is 16.1. The number of aromatic nitrogens is 2. The molecule has 2 saturated heterocycles. The van der Waals surface area contributed by atoms with Crippen LogP contribution in [0.5, 0.6) is 0 Å². The van der Waals surface area contributed by atoms with E-state index in [9.17, 15) is 0 Å². The summed E-state index contributed by atoms with van der Waals surface area (Å²) in [5.74, 6) is 1.84. The Morgan fingerprint density at radius 3 is 2.52 bits per heavy atom. The molecule has 0 unspecified atom stereocenters. The van der Waals surface area contributed by atoms with Crippen LogP contribution in [-0.2, 0) is 11.3 Å². The molecule has 144 valence electrons. The smallest absolute Gasteiger partial charge is 0.227 e. The highest BCUT2D eigenvalue weighted by Gasteiger charge is 2.24. The van der Waals surface area contributed by atoms with E-state index < -0.39 is 0 Å². The van der Waals surface area contributed by atoms with Gasteiger partial charge in [0.1, 0.15) is 5.82 Å². The molecule has 0 saturated carbocycles. The topological polar surface area (TPSA) is 44.7 Å². The summed E-state index contributed by atoms with van der Waals surface area (Å²) in [4.78, 5) is 16.4. The SMILES string of the molecule is CN(c1ccnc(N2CCOCC2)n1)C1CCN(Cc2ccccc2)CC1. The van der Waals surface area contributed by atoms with E-state index in [1.165, 1.54) is 18.4 Å². The third kappa shape index (κ3) is 4.57. The van der Waals surface area contributed by atoms with Gasteiger partial charge in [0.25, 0.3) is 0 Å². The third-order valence-electron chi connectivity index (χ3n) is 5.64. The predicted molar refractivity (Wildman–Crippen MR) is 108 cm³/mol. The molecule has 6 nitrogen and oxygen atoms in total. The number of ether oxygens (including phenoxy) is 1. The lowest BCUT2D eigenvalue weighted by Gasteiger charge is -2.37. The molecular weight excluding hydrogens is 338 g/mol. The van der Waals surface area contributed by atoms with Gasteiger partial charge < -0.3 is 14.5 Å². The minimum atomic E-state index is 0.532. The van der Waals surface area contributed by atoms with Crippen LogP contribution in [0.15, 0.2) is 42.6 Å². The lowest BCUT2D eigenvalue weighted by molar-refractivity contribution is 0.122. The van der Waals surface area contributed by atoms with E-state index in [4.69, 9.17) is 9.72 Å². The predicted octanol–water partition coefficient (Wildman–Crippen LogP) is 2.41. The van der Waals surface area contributed by atoms with Gasteiger partial charge in [-0.25, -0.2) is 4.98 Å². The molecular formula is C21H29N5O. The van der Waals surface area contributed by atoms with Gasteiger partial charge in [-0.05, 0) is 24.5 Å². The lowest BCUT2D eigenvalue weighted by Crippen LogP contribution is -2.43. The van der Waals surface area contributed by atoms with Crippen molar-refractivity contribution in [3.05, 3.63) is 48.2 Å². The standard InChI is InChI=1S/C21H29N5O/c1-24(20-7-10-22-21(23-20)26-13-15-27-16-14-26)19-8-11-25(12-9-19)17-18-5-3-2-4-6-18/h2-7,10,19H,8-9,11-17H2,1H3. The van der Waals surface area contributed by atoms with Gasteiger partial charge in [0.2, 0.25) is 5.95 Å². The second-order valence-corrected chi connectivity index (χ2v) is 7.42. The average Bonchev–Trinajstić information content (AvgIpc) is 2.75. The van der Waals surface area contributed by atoms with Crippen LogP contribution in [-0.4, -0.2) is 67.4 Å². The first kappa shape index (κ1) is 18.2. The summed E-state index contributed by atoms with van der Waals surface area (Å²) in [5.41, 5.74) is 1.40. The molecule has 3 heterocycles. The van der Waals surface area contributed by atoms with Crippen LogP contribution >= 0.6 is 0 Å². The highest BCUT2D eigenvalue weighted by molar-refractivity contribution is 5.44. The van der Waals surface area contributed by atoms with Crippen LogP contribution in [0, 0.1) is 0 Å². The monoisotopic (exact) mass is 367 g/mol. The Morgan fingerprint density at radius 1 is 1.04 bits per heavy atom. The molecule has 6 heteroatoms. The van der Waals surface area contributed by atoms with Crippen molar-refractivity contribution < 1.29 is 4.74 Å². The van der Waals surface area contributed by atoms with E-state index in [-0.39, 0.29) is 0 Å². The lowest BCUT2D eigenvalue weighted by atomic mass is 10.0. The Morgan fingerprint density at radius 2 is 1.78 bits per heavy atom. The van der Waals surface area contributed by atoms with Crippen molar-refractivity contribution in [2.45, 2.75) is 25.4 Å². The minimum Gasteiger partial charge on any atom is -0.378 e. The van der Waals surface area contributed by atoms with Crippen LogP contribution in [0.1, 0.15) is 18.4 Å². The number of rotatable bonds is 5. The van der Waals surface area contributed by atoms with Crippen molar-refractivity contribution in [2.24, 2.45) is 0 Å². The van der Waals surface area contributed by atoms with Gasteiger partial charge in [-0.2, -0.15) is 4.98 Å². The molecule has 0 radical (unpaired) electrons. The van der Waals surface area contributed by atoms with Crippen molar-refractivity contribution in [2.75, 3.05) is 56.2 Å². The van der Waals surface area contributed by atoms with Crippen LogP contribution in [0.3, 0.4) is 0 Å². The van der Waals surface area contributed by atoms with E-state index in [2.05, 4.69) is 57.1 Å². The fourth-order valence-electron chi connectivity index (χ4n) is 3.94. The number of likely N-dealkylation sites (tertiary alicyclic amines) is 1. The highest BCUT2D eigenvalue weighted by Crippen LogP contribution is 2.23. The first-order valence-corrected chi connectivity index (χ1v) is 9.94. The maximum absolute atomic E-state index is 5.43. The summed E-state index contributed by atoms with van der Waals surface area (Å²) in [7, 11) is 2.17. The van der Waals surface area contributed by atoms with Gasteiger partial charge in [-0.1, -0.05) is 30.3 Å². The summed E-state index contributed by atoms with van der Waals surface area (Å²) in [5, 5.41) is 0. The first-order chi connectivity index (χ1) is 13.3. The molecule has 0 atom stereocenters. The van der Waals surface area contributed by atoms with Gasteiger partial charge >= 0.3 is 0 Å². The van der Waals surface area contributed by atoms with Crippen molar-refractivity contribution in [1.29, 1.82) is 0 Å². The largest absolute Gasteiger partial charge is 0.378 e. The van der Waals surface area contributed by atoms with Crippen molar-refractivity contribution in [3.8, 4) is 0 Å². The molecule has 0 bridgehead atoms. The van der Waals surface area contributed by atoms with Gasteiger partial charge in [0.15, 0.2) is 0 Å². The molecule has 1 aromatic heterocycles. The molecule has 4 rings (SSSR count). The van der Waals surface area contributed by atoms with Crippen LogP contribution in [0.4, 0.5) is 11.8 Å². The van der Waals surface area contributed by atoms with Crippen molar-refractivity contribution in [3.63, 3.8) is 0 Å². The van der Waals surface area contributed by atoms with Crippen LogP contribution in [0.25, 0.3) is 0 Å². The van der Waals surface area contributed by atoms with E-state index in [1.807, 2.05) is 12.3 Å². The van der Waals surface area contributed by atoms with Gasteiger partial charge in [0, 0.05) is 52.0 Å². The van der Waals surface area contributed by atoms with Gasteiger partial charge in [-0.15, -0.1) is 0 Å². The third-order valence-corrected chi connectivity index (χ3v) is 5.64. The second kappa shape index (κ2) is 8.67. The fourth-order valence-corrected chi connectivity index (χ4v) is 3.94. The summed E-state index contributed by atoms with van der Waals surface area (Å²) in [6.45, 7) is 6.55. The van der Waals surface area contributed by atoms with E-state index in [0.29, 0.717) is 6.04 Å². The minimum absolute atomic E-state index is 0.532. The normalized spacial score (nSPS) is 19.2. The number of hydrogen-bond donors (Lipinski definition) is 0.